The maximum absolute atomic E-state index is 13.6. The number of rotatable bonds is 3. The van der Waals surface area contributed by atoms with Crippen molar-refractivity contribution in [2.24, 2.45) is 0 Å². The molecule has 1 aliphatic rings. The van der Waals surface area contributed by atoms with Crippen molar-refractivity contribution in [2.75, 3.05) is 20.1 Å². The fraction of sp³-hybridized carbons (Fsp3) is 0.438. The van der Waals surface area contributed by atoms with E-state index in [9.17, 15) is 4.39 Å². The number of nitrogens with zero attached hydrogens (tertiary/aromatic N) is 2. The molecule has 0 radical (unpaired) electrons. The molecule has 0 unspecified atom stereocenters. The maximum atomic E-state index is 13.6. The van der Waals surface area contributed by atoms with Gasteiger partial charge < -0.3 is 5.32 Å². The largest absolute Gasteiger partial charge is 0.316 e. The lowest BCUT2D eigenvalue weighted by Gasteiger charge is -2.29. The number of hydrogen-bond acceptors (Lipinski definition) is 3. The van der Waals surface area contributed by atoms with Crippen molar-refractivity contribution in [3.63, 3.8) is 0 Å². The number of halogens is 1. The normalized spacial score (nSPS) is 15.6. The Hall–Kier alpha value is -1.52. The zero-order valence-electron chi connectivity index (χ0n) is 12.0. The first-order chi connectivity index (χ1) is 9.72. The van der Waals surface area contributed by atoms with Crippen LogP contribution in [0.4, 0.5) is 4.39 Å². The second kappa shape index (κ2) is 5.46. The Morgan fingerprint density at radius 3 is 3.00 bits per heavy atom. The van der Waals surface area contributed by atoms with Gasteiger partial charge in [0.1, 0.15) is 5.82 Å². The molecule has 1 aromatic heterocycles. The first-order valence-corrected chi connectivity index (χ1v) is 7.19. The van der Waals surface area contributed by atoms with Crippen LogP contribution in [0.15, 0.2) is 18.2 Å². The average Bonchev–Trinajstić information content (AvgIpc) is 2.47. The monoisotopic (exact) mass is 273 g/mol. The Balaban J connectivity index is 2.21. The maximum Gasteiger partial charge on any atom is 0.123 e. The Labute approximate surface area is 118 Å². The zero-order valence-corrected chi connectivity index (χ0v) is 12.0. The van der Waals surface area contributed by atoms with Gasteiger partial charge in [-0.05, 0) is 42.9 Å². The fourth-order valence-electron chi connectivity index (χ4n) is 3.01. The van der Waals surface area contributed by atoms with E-state index in [1.807, 2.05) is 7.05 Å². The van der Waals surface area contributed by atoms with E-state index in [1.165, 1.54) is 22.9 Å². The van der Waals surface area contributed by atoms with Crippen molar-refractivity contribution in [1.29, 1.82) is 0 Å². The lowest BCUT2D eigenvalue weighted by atomic mass is 9.95. The molecular weight excluding hydrogens is 253 g/mol. The molecule has 0 saturated heterocycles. The van der Waals surface area contributed by atoms with Gasteiger partial charge in [-0.3, -0.25) is 9.88 Å². The summed E-state index contributed by atoms with van der Waals surface area (Å²) in [5, 5.41) is 4.15. The molecule has 3 rings (SSSR count). The minimum Gasteiger partial charge on any atom is -0.316 e. The summed E-state index contributed by atoms with van der Waals surface area (Å²) < 4.78 is 13.6. The molecule has 0 atom stereocenters. The van der Waals surface area contributed by atoms with Crippen LogP contribution in [0.25, 0.3) is 10.9 Å². The van der Waals surface area contributed by atoms with E-state index in [0.29, 0.717) is 0 Å². The third kappa shape index (κ3) is 2.30. The van der Waals surface area contributed by atoms with Gasteiger partial charge in [-0.1, -0.05) is 6.92 Å². The molecule has 4 heteroatoms. The summed E-state index contributed by atoms with van der Waals surface area (Å²) in [6, 6.07) is 4.89. The third-order valence-electron chi connectivity index (χ3n) is 4.10. The molecule has 0 spiro atoms. The summed E-state index contributed by atoms with van der Waals surface area (Å²) in [5.74, 6) is -0.195. The minimum atomic E-state index is -0.195. The zero-order chi connectivity index (χ0) is 14.1. The van der Waals surface area contributed by atoms with Gasteiger partial charge in [-0.25, -0.2) is 4.39 Å². The molecule has 2 aromatic rings. The lowest BCUT2D eigenvalue weighted by molar-refractivity contribution is 0.265. The number of pyridine rings is 1. The van der Waals surface area contributed by atoms with Gasteiger partial charge in [-0.2, -0.15) is 0 Å². The van der Waals surface area contributed by atoms with E-state index in [4.69, 9.17) is 4.98 Å². The molecule has 0 aliphatic carbocycles. The Kier molecular flexibility index (Phi) is 3.68. The van der Waals surface area contributed by atoms with Gasteiger partial charge in [0.05, 0.1) is 5.52 Å². The molecule has 1 aliphatic heterocycles. The summed E-state index contributed by atoms with van der Waals surface area (Å²) in [5.41, 5.74) is 4.56. The Morgan fingerprint density at radius 2 is 2.25 bits per heavy atom. The van der Waals surface area contributed by atoms with Crippen molar-refractivity contribution in [3.8, 4) is 0 Å². The highest BCUT2D eigenvalue weighted by Crippen LogP contribution is 2.28. The quantitative estimate of drug-likeness (QED) is 0.931. The van der Waals surface area contributed by atoms with Gasteiger partial charge in [-0.15, -0.1) is 0 Å². The minimum absolute atomic E-state index is 0.195. The molecule has 1 N–H and O–H groups in total. The van der Waals surface area contributed by atoms with Crippen LogP contribution >= 0.6 is 0 Å². The van der Waals surface area contributed by atoms with Gasteiger partial charge in [0.25, 0.3) is 0 Å². The molecule has 106 valence electrons. The molecule has 0 amide bonds. The standard InChI is InChI=1S/C16H20FN3/c1-3-20-7-6-16-14(10-20)13(9-18-2)12-8-11(17)4-5-15(12)19-16/h4-5,8,18H,3,6-7,9-10H2,1-2H3. The van der Waals surface area contributed by atoms with Crippen molar-refractivity contribution in [1.82, 2.24) is 15.2 Å². The average molecular weight is 273 g/mol. The first-order valence-electron chi connectivity index (χ1n) is 7.19. The molecule has 0 bridgehead atoms. The topological polar surface area (TPSA) is 28.2 Å². The van der Waals surface area contributed by atoms with E-state index < -0.39 is 0 Å². The van der Waals surface area contributed by atoms with E-state index in [2.05, 4.69) is 17.1 Å². The SMILES string of the molecule is CCN1CCc2nc3ccc(F)cc3c(CNC)c2C1. The van der Waals surface area contributed by atoms with Crippen LogP contribution in [0.3, 0.4) is 0 Å². The van der Waals surface area contributed by atoms with E-state index in [-0.39, 0.29) is 5.82 Å². The van der Waals surface area contributed by atoms with Gasteiger partial charge in [0.2, 0.25) is 0 Å². The molecule has 2 heterocycles. The number of benzene rings is 1. The van der Waals surface area contributed by atoms with Crippen LogP contribution in [0.5, 0.6) is 0 Å². The number of likely N-dealkylation sites (N-methyl/N-ethyl adjacent to an activating group) is 1. The van der Waals surface area contributed by atoms with Crippen LogP contribution in [0.1, 0.15) is 23.7 Å². The fourth-order valence-corrected chi connectivity index (χ4v) is 3.01. The van der Waals surface area contributed by atoms with Gasteiger partial charge in [0.15, 0.2) is 0 Å². The summed E-state index contributed by atoms with van der Waals surface area (Å²) in [6.45, 7) is 5.95. The Morgan fingerprint density at radius 1 is 1.40 bits per heavy atom. The molecule has 20 heavy (non-hydrogen) atoms. The predicted octanol–water partition coefficient (Wildman–Crippen LogP) is 2.47. The lowest BCUT2D eigenvalue weighted by Crippen LogP contribution is -2.32. The van der Waals surface area contributed by atoms with Crippen molar-refractivity contribution in [3.05, 3.63) is 40.8 Å². The first kappa shape index (κ1) is 13.5. The van der Waals surface area contributed by atoms with Crippen molar-refractivity contribution >= 4 is 10.9 Å². The molecule has 3 nitrogen and oxygen atoms in total. The summed E-state index contributed by atoms with van der Waals surface area (Å²) >= 11 is 0. The van der Waals surface area contributed by atoms with Crippen molar-refractivity contribution in [2.45, 2.75) is 26.4 Å². The molecule has 0 saturated carbocycles. The third-order valence-corrected chi connectivity index (χ3v) is 4.10. The van der Waals surface area contributed by atoms with E-state index in [0.717, 1.165) is 43.5 Å². The number of fused-ring (bicyclic) bond motifs is 2. The second-order valence-electron chi connectivity index (χ2n) is 5.33. The summed E-state index contributed by atoms with van der Waals surface area (Å²) in [6.07, 6.45) is 0.979. The Bertz CT molecular complexity index is 639. The van der Waals surface area contributed by atoms with Gasteiger partial charge >= 0.3 is 0 Å². The van der Waals surface area contributed by atoms with Crippen LogP contribution in [-0.4, -0.2) is 30.0 Å². The highest BCUT2D eigenvalue weighted by Gasteiger charge is 2.21. The highest BCUT2D eigenvalue weighted by atomic mass is 19.1. The van der Waals surface area contributed by atoms with E-state index in [1.54, 1.807) is 12.1 Å². The molecule has 1 aromatic carbocycles. The van der Waals surface area contributed by atoms with Gasteiger partial charge in [0, 0.05) is 37.1 Å². The molecular formula is C16H20FN3. The molecule has 0 fully saturated rings. The number of hydrogen-bond donors (Lipinski definition) is 1. The summed E-state index contributed by atoms with van der Waals surface area (Å²) in [4.78, 5) is 7.16. The van der Waals surface area contributed by atoms with Crippen LogP contribution < -0.4 is 5.32 Å². The van der Waals surface area contributed by atoms with Crippen LogP contribution in [0.2, 0.25) is 0 Å². The number of aromatic nitrogens is 1. The van der Waals surface area contributed by atoms with Crippen LogP contribution in [0, 0.1) is 5.82 Å². The summed E-state index contributed by atoms with van der Waals surface area (Å²) in [7, 11) is 1.93. The predicted molar refractivity (Wildman–Crippen MR) is 79.1 cm³/mol. The second-order valence-corrected chi connectivity index (χ2v) is 5.33. The van der Waals surface area contributed by atoms with E-state index >= 15 is 0 Å². The van der Waals surface area contributed by atoms with Crippen LogP contribution in [-0.2, 0) is 19.5 Å². The number of nitrogens with one attached hydrogen (secondary N) is 1. The smallest absolute Gasteiger partial charge is 0.123 e. The van der Waals surface area contributed by atoms with Crippen molar-refractivity contribution < 1.29 is 4.39 Å². The highest BCUT2D eigenvalue weighted by molar-refractivity contribution is 5.84.